The van der Waals surface area contributed by atoms with Gasteiger partial charge in [0.1, 0.15) is 0 Å². The van der Waals surface area contributed by atoms with Gasteiger partial charge in [0.15, 0.2) is 0 Å². The van der Waals surface area contributed by atoms with Gasteiger partial charge in [0.2, 0.25) is 5.91 Å². The molecule has 2 fully saturated rings. The zero-order chi connectivity index (χ0) is 16.4. The molecule has 0 radical (unpaired) electrons. The van der Waals surface area contributed by atoms with Crippen LogP contribution in [0.4, 0.5) is 8.78 Å². The van der Waals surface area contributed by atoms with Gasteiger partial charge in [0, 0.05) is 45.2 Å². The first kappa shape index (κ1) is 16.4. The van der Waals surface area contributed by atoms with Gasteiger partial charge in [-0.05, 0) is 25.5 Å². The molecular formula is C16H24F2N4O. The van der Waals surface area contributed by atoms with E-state index >= 15 is 0 Å². The molecule has 1 atom stereocenters. The maximum Gasteiger partial charge on any atom is 0.251 e. The number of nitrogens with zero attached hydrogens (tertiary/aromatic N) is 4. The van der Waals surface area contributed by atoms with Crippen molar-refractivity contribution in [1.29, 1.82) is 0 Å². The third-order valence-electron chi connectivity index (χ3n) is 4.84. The molecule has 0 aliphatic carbocycles. The van der Waals surface area contributed by atoms with Gasteiger partial charge in [-0.3, -0.25) is 9.48 Å². The van der Waals surface area contributed by atoms with Crippen molar-refractivity contribution in [2.24, 2.45) is 5.92 Å². The first-order valence-electron chi connectivity index (χ1n) is 8.31. The second kappa shape index (κ2) is 6.55. The first-order valence-corrected chi connectivity index (χ1v) is 8.31. The van der Waals surface area contributed by atoms with Crippen molar-refractivity contribution < 1.29 is 13.6 Å². The number of alkyl halides is 2. The number of hydrogen-bond acceptors (Lipinski definition) is 3. The number of piperidine rings is 1. The summed E-state index contributed by atoms with van der Waals surface area (Å²) in [6.07, 6.45) is 4.26. The molecule has 1 amide bonds. The van der Waals surface area contributed by atoms with E-state index in [1.165, 1.54) is 0 Å². The monoisotopic (exact) mass is 326 g/mol. The van der Waals surface area contributed by atoms with Crippen molar-refractivity contribution in [2.45, 2.75) is 38.7 Å². The fourth-order valence-corrected chi connectivity index (χ4v) is 3.38. The zero-order valence-corrected chi connectivity index (χ0v) is 13.5. The molecule has 2 saturated heterocycles. The third-order valence-corrected chi connectivity index (χ3v) is 4.84. The number of aromatic nitrogens is 2. The fraction of sp³-hybridized carbons (Fsp3) is 0.750. The second-order valence-corrected chi connectivity index (χ2v) is 6.75. The highest BCUT2D eigenvalue weighted by Crippen LogP contribution is 2.29. The van der Waals surface area contributed by atoms with Gasteiger partial charge in [-0.25, -0.2) is 8.78 Å². The standard InChI is InChI=1S/C16H24F2N4O/c1-13-10-19-22(11-13)9-8-20-5-2-14(12-20)15(23)21-6-3-16(17,18)4-7-21/h10-11,14H,2-9,12H2,1H3. The Hall–Kier alpha value is -1.50. The van der Waals surface area contributed by atoms with E-state index in [2.05, 4.69) is 10.00 Å². The minimum atomic E-state index is -2.60. The van der Waals surface area contributed by atoms with Gasteiger partial charge in [0.05, 0.1) is 18.7 Å². The summed E-state index contributed by atoms with van der Waals surface area (Å²) < 4.78 is 28.3. The van der Waals surface area contributed by atoms with Crippen LogP contribution in [0.15, 0.2) is 12.4 Å². The van der Waals surface area contributed by atoms with Crippen molar-refractivity contribution in [1.82, 2.24) is 19.6 Å². The second-order valence-electron chi connectivity index (χ2n) is 6.75. The maximum absolute atomic E-state index is 13.2. The molecular weight excluding hydrogens is 302 g/mol. The summed E-state index contributed by atoms with van der Waals surface area (Å²) in [5, 5.41) is 4.26. The summed E-state index contributed by atoms with van der Waals surface area (Å²) in [6.45, 7) is 5.68. The van der Waals surface area contributed by atoms with Crippen LogP contribution in [0.25, 0.3) is 0 Å². The van der Waals surface area contributed by atoms with Gasteiger partial charge < -0.3 is 9.80 Å². The lowest BCUT2D eigenvalue weighted by Crippen LogP contribution is -2.45. The van der Waals surface area contributed by atoms with Crippen LogP contribution in [0.3, 0.4) is 0 Å². The van der Waals surface area contributed by atoms with E-state index in [9.17, 15) is 13.6 Å². The summed E-state index contributed by atoms with van der Waals surface area (Å²) in [4.78, 5) is 16.4. The SMILES string of the molecule is Cc1cnn(CCN2CCC(C(=O)N3CCC(F)(F)CC3)C2)c1. The highest BCUT2D eigenvalue weighted by molar-refractivity contribution is 5.79. The van der Waals surface area contributed by atoms with Gasteiger partial charge in [0.25, 0.3) is 5.92 Å². The van der Waals surface area contributed by atoms with Crippen LogP contribution in [-0.4, -0.2) is 64.1 Å². The van der Waals surface area contributed by atoms with Crippen LogP contribution in [0.1, 0.15) is 24.8 Å². The predicted molar refractivity (Wildman–Crippen MR) is 82.3 cm³/mol. The summed E-state index contributed by atoms with van der Waals surface area (Å²) in [5.41, 5.74) is 1.14. The number of hydrogen-bond donors (Lipinski definition) is 0. The smallest absolute Gasteiger partial charge is 0.251 e. The highest BCUT2D eigenvalue weighted by atomic mass is 19.3. The number of aryl methyl sites for hydroxylation is 1. The summed E-state index contributed by atoms with van der Waals surface area (Å²) >= 11 is 0. The lowest BCUT2D eigenvalue weighted by molar-refractivity contribution is -0.141. The molecule has 0 N–H and O–H groups in total. The van der Waals surface area contributed by atoms with Crippen molar-refractivity contribution in [3.63, 3.8) is 0 Å². The average Bonchev–Trinajstić information content (AvgIpc) is 3.13. The molecule has 1 unspecified atom stereocenters. The van der Waals surface area contributed by atoms with Gasteiger partial charge >= 0.3 is 0 Å². The van der Waals surface area contributed by atoms with E-state index in [-0.39, 0.29) is 37.8 Å². The van der Waals surface area contributed by atoms with Gasteiger partial charge in [-0.2, -0.15) is 5.10 Å². The quantitative estimate of drug-likeness (QED) is 0.847. The fourth-order valence-electron chi connectivity index (χ4n) is 3.38. The average molecular weight is 326 g/mol. The molecule has 2 aliphatic heterocycles. The summed E-state index contributed by atoms with van der Waals surface area (Å²) in [6, 6.07) is 0. The number of carbonyl (C=O) groups excluding carboxylic acids is 1. The van der Waals surface area contributed by atoms with Crippen LogP contribution >= 0.6 is 0 Å². The predicted octanol–water partition coefficient (Wildman–Crippen LogP) is 1.77. The number of likely N-dealkylation sites (tertiary alicyclic amines) is 2. The van der Waals surface area contributed by atoms with Crippen LogP contribution in [0, 0.1) is 12.8 Å². The lowest BCUT2D eigenvalue weighted by Gasteiger charge is -2.33. The molecule has 0 saturated carbocycles. The molecule has 0 aromatic carbocycles. The summed E-state index contributed by atoms with van der Waals surface area (Å²) in [5.74, 6) is -2.58. The minimum absolute atomic E-state index is 0.0407. The van der Waals surface area contributed by atoms with Crippen molar-refractivity contribution in [3.05, 3.63) is 18.0 Å². The summed E-state index contributed by atoms with van der Waals surface area (Å²) in [7, 11) is 0. The Morgan fingerprint density at radius 1 is 1.30 bits per heavy atom. The molecule has 3 heterocycles. The number of rotatable bonds is 4. The van der Waals surface area contributed by atoms with E-state index in [0.717, 1.165) is 38.2 Å². The number of halogens is 2. The Bertz CT molecular complexity index is 550. The number of carbonyl (C=O) groups is 1. The third kappa shape index (κ3) is 4.07. The molecule has 1 aromatic heterocycles. The largest absolute Gasteiger partial charge is 0.342 e. The molecule has 1 aromatic rings. The minimum Gasteiger partial charge on any atom is -0.342 e. The van der Waals surface area contributed by atoms with Gasteiger partial charge in [-0.15, -0.1) is 0 Å². The Morgan fingerprint density at radius 3 is 2.70 bits per heavy atom. The first-order chi connectivity index (χ1) is 10.9. The Kier molecular flexibility index (Phi) is 4.66. The zero-order valence-electron chi connectivity index (χ0n) is 13.5. The van der Waals surface area contributed by atoms with Crippen LogP contribution < -0.4 is 0 Å². The molecule has 23 heavy (non-hydrogen) atoms. The molecule has 5 nitrogen and oxygen atoms in total. The van der Waals surface area contributed by atoms with Crippen molar-refractivity contribution in [3.8, 4) is 0 Å². The Labute approximate surface area is 135 Å². The molecule has 0 bridgehead atoms. The lowest BCUT2D eigenvalue weighted by atomic mass is 10.0. The van der Waals surface area contributed by atoms with E-state index in [4.69, 9.17) is 0 Å². The van der Waals surface area contributed by atoms with E-state index in [1.54, 1.807) is 4.90 Å². The molecule has 7 heteroatoms. The Morgan fingerprint density at radius 2 is 2.04 bits per heavy atom. The number of amides is 1. The topological polar surface area (TPSA) is 41.4 Å². The molecule has 3 rings (SSSR count). The van der Waals surface area contributed by atoms with Crippen LogP contribution in [0.5, 0.6) is 0 Å². The molecule has 2 aliphatic rings. The van der Waals surface area contributed by atoms with Gasteiger partial charge in [-0.1, -0.05) is 0 Å². The van der Waals surface area contributed by atoms with Crippen molar-refractivity contribution in [2.75, 3.05) is 32.7 Å². The Balaban J connectivity index is 1.45. The maximum atomic E-state index is 13.2. The van der Waals surface area contributed by atoms with Crippen LogP contribution in [0.2, 0.25) is 0 Å². The highest BCUT2D eigenvalue weighted by Gasteiger charge is 2.38. The van der Waals surface area contributed by atoms with Crippen molar-refractivity contribution >= 4 is 5.91 Å². The van der Waals surface area contributed by atoms with E-state index in [1.807, 2.05) is 24.0 Å². The molecule has 0 spiro atoms. The van der Waals surface area contributed by atoms with E-state index in [0.29, 0.717) is 0 Å². The van der Waals surface area contributed by atoms with E-state index < -0.39 is 5.92 Å². The molecule has 128 valence electrons. The van der Waals surface area contributed by atoms with Crippen LogP contribution in [-0.2, 0) is 11.3 Å². The normalized spacial score (nSPS) is 25.0.